The molecule has 1 atom stereocenters. The molecule has 148 valence electrons. The Kier molecular flexibility index (Phi) is 7.02. The molecule has 7 heteroatoms. The van der Waals surface area contributed by atoms with Crippen LogP contribution in [0.15, 0.2) is 70.7 Å². The van der Waals surface area contributed by atoms with Crippen molar-refractivity contribution in [2.24, 2.45) is 0 Å². The van der Waals surface area contributed by atoms with E-state index >= 15 is 0 Å². The molecular formula is C22H21N3O2S2. The third kappa shape index (κ3) is 4.84. The van der Waals surface area contributed by atoms with Crippen LogP contribution in [0.25, 0.3) is 11.3 Å². The quantitative estimate of drug-likeness (QED) is 0.300. The van der Waals surface area contributed by atoms with Crippen molar-refractivity contribution in [3.05, 3.63) is 66.4 Å². The van der Waals surface area contributed by atoms with Crippen molar-refractivity contribution >= 4 is 21.6 Å². The number of nitrogens with zero attached hydrogens (tertiary/aromatic N) is 3. The number of rotatable bonds is 8. The van der Waals surface area contributed by atoms with Crippen molar-refractivity contribution in [3.63, 3.8) is 0 Å². The van der Waals surface area contributed by atoms with Gasteiger partial charge in [-0.05, 0) is 31.2 Å². The third-order valence-corrected chi connectivity index (χ3v) is 7.14. The van der Waals surface area contributed by atoms with Crippen LogP contribution in [0.5, 0.6) is 0 Å². The van der Waals surface area contributed by atoms with E-state index in [1.54, 1.807) is 30.3 Å². The molecule has 0 aliphatic carbocycles. The third-order valence-electron chi connectivity index (χ3n) is 4.46. The second-order valence-corrected chi connectivity index (χ2v) is 9.25. The van der Waals surface area contributed by atoms with Gasteiger partial charge in [-0.3, -0.25) is 0 Å². The summed E-state index contributed by atoms with van der Waals surface area (Å²) in [5, 5.41) is 8.08. The molecule has 3 aromatic rings. The Bertz CT molecular complexity index is 1100. The average molecular weight is 424 g/mol. The minimum absolute atomic E-state index is 0.250. The van der Waals surface area contributed by atoms with E-state index < -0.39 is 15.1 Å². The van der Waals surface area contributed by atoms with Gasteiger partial charge in [0.25, 0.3) is 0 Å². The van der Waals surface area contributed by atoms with Crippen LogP contribution in [-0.4, -0.2) is 29.9 Å². The standard InChI is InChI=1S/C22H21N3O2S2/c1-3-4-7-16-19(29(26,27)18-14-10-6-11-15-18)21-20(17-12-8-5-9-13-17)23-22(28-2)25-24-21/h1,5-6,8-15,19H,4,7,16H2,2H3. The first-order valence-corrected chi connectivity index (χ1v) is 11.9. The number of thioether (sulfide) groups is 1. The fourth-order valence-corrected chi connectivity index (χ4v) is 5.13. The lowest BCUT2D eigenvalue weighted by molar-refractivity contribution is 0.565. The zero-order chi connectivity index (χ0) is 20.7. The van der Waals surface area contributed by atoms with Crippen LogP contribution in [0.1, 0.15) is 30.2 Å². The number of terminal acetylenes is 1. The summed E-state index contributed by atoms with van der Waals surface area (Å²) in [5.41, 5.74) is 1.70. The van der Waals surface area contributed by atoms with Crippen molar-refractivity contribution < 1.29 is 8.42 Å². The van der Waals surface area contributed by atoms with E-state index in [9.17, 15) is 8.42 Å². The number of hydrogen-bond donors (Lipinski definition) is 0. The van der Waals surface area contributed by atoms with Gasteiger partial charge in [0, 0.05) is 12.0 Å². The smallest absolute Gasteiger partial charge is 0.209 e. The first-order valence-electron chi connectivity index (χ1n) is 9.14. The number of benzene rings is 2. The maximum Gasteiger partial charge on any atom is 0.209 e. The van der Waals surface area contributed by atoms with E-state index in [2.05, 4.69) is 21.1 Å². The highest BCUT2D eigenvalue weighted by atomic mass is 32.2. The summed E-state index contributed by atoms with van der Waals surface area (Å²) in [6.07, 6.45) is 8.65. The van der Waals surface area contributed by atoms with E-state index in [0.29, 0.717) is 35.8 Å². The minimum atomic E-state index is -3.70. The van der Waals surface area contributed by atoms with Crippen LogP contribution in [0.2, 0.25) is 0 Å². The molecule has 3 rings (SSSR count). The van der Waals surface area contributed by atoms with Gasteiger partial charge in [-0.25, -0.2) is 13.4 Å². The summed E-state index contributed by atoms with van der Waals surface area (Å²) in [5.74, 6) is 2.58. The van der Waals surface area contributed by atoms with E-state index in [4.69, 9.17) is 6.42 Å². The number of aromatic nitrogens is 3. The second-order valence-electron chi connectivity index (χ2n) is 6.34. The highest BCUT2D eigenvalue weighted by molar-refractivity contribution is 7.98. The molecule has 0 saturated heterocycles. The number of unbranched alkanes of at least 4 members (excludes halogenated alkanes) is 1. The van der Waals surface area contributed by atoms with Gasteiger partial charge in [-0.2, -0.15) is 0 Å². The summed E-state index contributed by atoms with van der Waals surface area (Å²) in [6, 6.07) is 17.9. The molecule has 0 saturated carbocycles. The Labute approximate surface area is 175 Å². The normalized spacial score (nSPS) is 12.3. The molecular weight excluding hydrogens is 402 g/mol. The van der Waals surface area contributed by atoms with Gasteiger partial charge in [-0.15, -0.1) is 22.5 Å². The Balaban J connectivity index is 2.17. The van der Waals surface area contributed by atoms with Crippen molar-refractivity contribution in [1.82, 2.24) is 15.2 Å². The SMILES string of the molecule is C#CCCCC(c1nnc(SC)nc1-c1ccccc1)S(=O)(=O)c1ccccc1. The fraction of sp³-hybridized carbons (Fsp3) is 0.227. The largest absolute Gasteiger partial charge is 0.223 e. The molecule has 0 amide bonds. The van der Waals surface area contributed by atoms with Gasteiger partial charge in [0.1, 0.15) is 10.9 Å². The van der Waals surface area contributed by atoms with Gasteiger partial charge in [-0.1, -0.05) is 60.3 Å². The molecule has 0 N–H and O–H groups in total. The highest BCUT2D eigenvalue weighted by Gasteiger charge is 2.33. The summed E-state index contributed by atoms with van der Waals surface area (Å²) < 4.78 is 27.0. The summed E-state index contributed by atoms with van der Waals surface area (Å²) in [7, 11) is -3.70. The zero-order valence-corrected chi connectivity index (χ0v) is 17.7. The number of hydrogen-bond acceptors (Lipinski definition) is 6. The van der Waals surface area contributed by atoms with Crippen LogP contribution in [0.3, 0.4) is 0 Å². The Morgan fingerprint density at radius 2 is 1.69 bits per heavy atom. The van der Waals surface area contributed by atoms with Crippen molar-refractivity contribution in [2.75, 3.05) is 6.26 Å². The monoisotopic (exact) mass is 423 g/mol. The van der Waals surface area contributed by atoms with Crippen molar-refractivity contribution in [1.29, 1.82) is 0 Å². The lowest BCUT2D eigenvalue weighted by Gasteiger charge is -2.19. The number of sulfone groups is 1. The highest BCUT2D eigenvalue weighted by Crippen LogP contribution is 2.36. The van der Waals surface area contributed by atoms with Crippen LogP contribution in [-0.2, 0) is 9.84 Å². The molecule has 1 heterocycles. The summed E-state index contributed by atoms with van der Waals surface area (Å²) in [6.45, 7) is 0. The molecule has 5 nitrogen and oxygen atoms in total. The molecule has 0 radical (unpaired) electrons. The molecule has 2 aromatic carbocycles. The van der Waals surface area contributed by atoms with Crippen molar-refractivity contribution in [3.8, 4) is 23.6 Å². The fourth-order valence-electron chi connectivity index (χ4n) is 3.03. The summed E-state index contributed by atoms with van der Waals surface area (Å²) in [4.78, 5) is 4.85. The van der Waals surface area contributed by atoms with Crippen LogP contribution >= 0.6 is 11.8 Å². The molecule has 1 aromatic heterocycles. The Morgan fingerprint density at radius 3 is 2.31 bits per heavy atom. The van der Waals surface area contributed by atoms with E-state index in [1.807, 2.05) is 36.6 Å². The van der Waals surface area contributed by atoms with Gasteiger partial charge < -0.3 is 0 Å². The Morgan fingerprint density at radius 1 is 1.03 bits per heavy atom. The van der Waals surface area contributed by atoms with Crippen LogP contribution in [0, 0.1) is 12.3 Å². The Hall–Kier alpha value is -2.69. The first kappa shape index (κ1) is 21.0. The van der Waals surface area contributed by atoms with Crippen LogP contribution in [0.4, 0.5) is 0 Å². The molecule has 1 unspecified atom stereocenters. The van der Waals surface area contributed by atoms with Gasteiger partial charge in [0.05, 0.1) is 10.6 Å². The van der Waals surface area contributed by atoms with Gasteiger partial charge in [0.2, 0.25) is 5.16 Å². The predicted molar refractivity (Wildman–Crippen MR) is 116 cm³/mol. The second kappa shape index (κ2) is 9.68. The lowest BCUT2D eigenvalue weighted by Crippen LogP contribution is -2.18. The molecule has 0 fully saturated rings. The van der Waals surface area contributed by atoms with E-state index in [0.717, 1.165) is 5.56 Å². The predicted octanol–water partition coefficient (Wildman–Crippen LogP) is 4.58. The zero-order valence-electron chi connectivity index (χ0n) is 16.0. The molecule has 0 aliphatic rings. The lowest BCUT2D eigenvalue weighted by atomic mass is 10.1. The molecule has 29 heavy (non-hydrogen) atoms. The average Bonchev–Trinajstić information content (AvgIpc) is 2.77. The molecule has 0 spiro atoms. The van der Waals surface area contributed by atoms with Gasteiger partial charge >= 0.3 is 0 Å². The topological polar surface area (TPSA) is 72.8 Å². The van der Waals surface area contributed by atoms with Crippen LogP contribution < -0.4 is 0 Å². The first-order chi connectivity index (χ1) is 14.1. The molecule has 0 aliphatic heterocycles. The maximum absolute atomic E-state index is 13.5. The summed E-state index contributed by atoms with van der Waals surface area (Å²) >= 11 is 1.36. The van der Waals surface area contributed by atoms with Crippen molar-refractivity contribution in [2.45, 2.75) is 34.6 Å². The molecule has 0 bridgehead atoms. The van der Waals surface area contributed by atoms with E-state index in [-0.39, 0.29) is 4.90 Å². The minimum Gasteiger partial charge on any atom is -0.223 e. The van der Waals surface area contributed by atoms with E-state index in [1.165, 1.54) is 11.8 Å². The van der Waals surface area contributed by atoms with Gasteiger partial charge in [0.15, 0.2) is 9.84 Å². The maximum atomic E-state index is 13.5.